The van der Waals surface area contributed by atoms with Gasteiger partial charge in [0.2, 0.25) is 0 Å². The maximum Gasteiger partial charge on any atom is 0.490 e. The molecule has 0 unspecified atom stereocenters. The normalized spacial score (nSPS) is 18.0. The molecule has 8 nitrogen and oxygen atoms in total. The van der Waals surface area contributed by atoms with Crippen LogP contribution in [0.25, 0.3) is 0 Å². The van der Waals surface area contributed by atoms with Crippen LogP contribution in [0.4, 0.5) is 13.2 Å². The van der Waals surface area contributed by atoms with Crippen molar-refractivity contribution in [1.29, 1.82) is 0 Å². The van der Waals surface area contributed by atoms with Gasteiger partial charge in [0.05, 0.1) is 42.7 Å². The Morgan fingerprint density at radius 3 is 1.75 bits per heavy atom. The smallest absolute Gasteiger partial charge is 0.490 e. The average molecular weight is 563 g/mol. The number of halogens is 3. The predicted octanol–water partition coefficient (Wildman–Crippen LogP) is 5.81. The first kappa shape index (κ1) is 28.7. The molecule has 0 saturated heterocycles. The molecule has 0 N–H and O–H groups in total. The van der Waals surface area contributed by atoms with Gasteiger partial charge in [0, 0.05) is 35.1 Å². The van der Waals surface area contributed by atoms with Crippen LogP contribution in [-0.2, 0) is 9.53 Å². The van der Waals surface area contributed by atoms with Crippen LogP contribution in [0.15, 0.2) is 48.5 Å². The standard InChI is InChI=1S/C29H29F3O8/c1-34-17-9-16(10-18(12-17)35-2)25-24(15-7-8-21(37-4)22(11-15)38-5)26-20(13-19(36-3)14-23(26)39-6)27(25)40-28(33)29(30,31)32/h7-14,24-25,27H,1-6H3/t24-,25-,27-/m1/s1. The predicted molar refractivity (Wildman–Crippen MR) is 138 cm³/mol. The van der Waals surface area contributed by atoms with E-state index in [1.165, 1.54) is 42.7 Å². The van der Waals surface area contributed by atoms with Crippen molar-refractivity contribution in [3.05, 3.63) is 70.8 Å². The van der Waals surface area contributed by atoms with Crippen molar-refractivity contribution in [2.75, 3.05) is 42.7 Å². The second kappa shape index (κ2) is 11.4. The van der Waals surface area contributed by atoms with Crippen LogP contribution in [0.2, 0.25) is 0 Å². The van der Waals surface area contributed by atoms with Gasteiger partial charge in [0.25, 0.3) is 0 Å². The van der Waals surface area contributed by atoms with E-state index in [1.807, 2.05) is 0 Å². The van der Waals surface area contributed by atoms with E-state index >= 15 is 0 Å². The third-order valence-corrected chi connectivity index (χ3v) is 6.90. The molecule has 0 aliphatic heterocycles. The summed E-state index contributed by atoms with van der Waals surface area (Å²) in [7, 11) is 8.76. The second-order valence-corrected chi connectivity index (χ2v) is 8.92. The monoisotopic (exact) mass is 562 g/mol. The molecule has 4 rings (SSSR count). The molecule has 40 heavy (non-hydrogen) atoms. The number of esters is 1. The van der Waals surface area contributed by atoms with Crippen molar-refractivity contribution in [2.45, 2.75) is 24.1 Å². The van der Waals surface area contributed by atoms with Gasteiger partial charge in [-0.3, -0.25) is 0 Å². The van der Waals surface area contributed by atoms with Gasteiger partial charge in [-0.05, 0) is 41.5 Å². The minimum Gasteiger partial charge on any atom is -0.497 e. The summed E-state index contributed by atoms with van der Waals surface area (Å²) in [6, 6.07) is 13.4. The first-order valence-corrected chi connectivity index (χ1v) is 12.1. The van der Waals surface area contributed by atoms with Crippen LogP contribution in [0, 0.1) is 0 Å². The Hall–Kier alpha value is -4.28. The molecule has 0 amide bonds. The van der Waals surface area contributed by atoms with E-state index in [-0.39, 0.29) is 0 Å². The average Bonchev–Trinajstić information content (AvgIpc) is 3.28. The van der Waals surface area contributed by atoms with Crippen LogP contribution in [0.5, 0.6) is 34.5 Å². The van der Waals surface area contributed by atoms with E-state index in [2.05, 4.69) is 0 Å². The fraction of sp³-hybridized carbons (Fsp3) is 0.345. The lowest BCUT2D eigenvalue weighted by Gasteiger charge is -2.28. The van der Waals surface area contributed by atoms with Crippen molar-refractivity contribution in [3.8, 4) is 34.5 Å². The Morgan fingerprint density at radius 2 is 1.23 bits per heavy atom. The molecule has 3 atom stereocenters. The van der Waals surface area contributed by atoms with Gasteiger partial charge in [-0.15, -0.1) is 0 Å². The number of alkyl halides is 3. The molecule has 0 bridgehead atoms. The highest BCUT2D eigenvalue weighted by Crippen LogP contribution is 2.60. The minimum absolute atomic E-state index is 0.306. The summed E-state index contributed by atoms with van der Waals surface area (Å²) in [6.07, 6.45) is -6.61. The topological polar surface area (TPSA) is 81.7 Å². The Kier molecular flexibility index (Phi) is 8.22. The molecule has 214 valence electrons. The van der Waals surface area contributed by atoms with Gasteiger partial charge in [-0.2, -0.15) is 13.2 Å². The highest BCUT2D eigenvalue weighted by atomic mass is 19.4. The molecule has 1 aliphatic carbocycles. The highest BCUT2D eigenvalue weighted by molar-refractivity contribution is 5.76. The van der Waals surface area contributed by atoms with Crippen LogP contribution < -0.4 is 28.4 Å². The zero-order valence-corrected chi connectivity index (χ0v) is 22.8. The Labute approximate surface area is 229 Å². The maximum atomic E-state index is 13.5. The Bertz CT molecular complexity index is 1370. The SMILES string of the molecule is COc1cc(OC)cc([C@@H]2[C@@H](c3ccc(OC)c(OC)c3)c3c(OC)cc(OC)cc3[C@H]2OC(=O)C(F)(F)F)c1. The number of carbonyl (C=O) groups is 1. The minimum atomic E-state index is -5.22. The Morgan fingerprint density at radius 1 is 0.650 bits per heavy atom. The van der Waals surface area contributed by atoms with Crippen molar-refractivity contribution < 1.29 is 51.1 Å². The molecule has 0 saturated carbocycles. The summed E-state index contributed by atoms with van der Waals surface area (Å²) in [6.45, 7) is 0. The molecule has 0 aromatic heterocycles. The van der Waals surface area contributed by atoms with E-state index in [4.69, 9.17) is 33.2 Å². The van der Waals surface area contributed by atoms with Crippen molar-refractivity contribution in [2.24, 2.45) is 0 Å². The zero-order chi connectivity index (χ0) is 29.2. The number of fused-ring (bicyclic) bond motifs is 1. The number of ether oxygens (including phenoxy) is 7. The van der Waals surface area contributed by atoms with Gasteiger partial charge in [0.15, 0.2) is 11.5 Å². The summed E-state index contributed by atoms with van der Waals surface area (Å²) in [4.78, 5) is 12.3. The molecule has 0 radical (unpaired) electrons. The number of carbonyl (C=O) groups excluding carboxylic acids is 1. The van der Waals surface area contributed by atoms with Crippen LogP contribution in [-0.4, -0.2) is 54.8 Å². The number of benzene rings is 3. The molecular formula is C29H29F3O8. The molecule has 3 aromatic carbocycles. The lowest BCUT2D eigenvalue weighted by molar-refractivity contribution is -0.206. The first-order chi connectivity index (χ1) is 19.1. The Balaban J connectivity index is 2.06. The van der Waals surface area contributed by atoms with Gasteiger partial charge in [0.1, 0.15) is 29.1 Å². The summed E-state index contributed by atoms with van der Waals surface area (Å²) < 4.78 is 78.8. The van der Waals surface area contributed by atoms with Gasteiger partial charge >= 0.3 is 12.1 Å². The number of hydrogen-bond donors (Lipinski definition) is 0. The lowest BCUT2D eigenvalue weighted by atomic mass is 9.80. The van der Waals surface area contributed by atoms with Crippen LogP contribution in [0.3, 0.4) is 0 Å². The van der Waals surface area contributed by atoms with Gasteiger partial charge in [-0.25, -0.2) is 4.79 Å². The molecule has 3 aromatic rings. The summed E-state index contributed by atoms with van der Waals surface area (Å²) in [5.74, 6) is -1.51. The highest BCUT2D eigenvalue weighted by Gasteiger charge is 2.51. The number of hydrogen-bond acceptors (Lipinski definition) is 8. The van der Waals surface area contributed by atoms with Crippen LogP contribution >= 0.6 is 0 Å². The third-order valence-electron chi connectivity index (χ3n) is 6.90. The first-order valence-electron chi connectivity index (χ1n) is 12.1. The van der Waals surface area contributed by atoms with E-state index in [0.717, 1.165) is 0 Å². The van der Waals surface area contributed by atoms with E-state index in [1.54, 1.807) is 48.5 Å². The summed E-state index contributed by atoms with van der Waals surface area (Å²) >= 11 is 0. The molecule has 1 aliphatic rings. The van der Waals surface area contributed by atoms with E-state index in [9.17, 15) is 18.0 Å². The second-order valence-electron chi connectivity index (χ2n) is 8.92. The van der Waals surface area contributed by atoms with Crippen molar-refractivity contribution >= 4 is 5.97 Å². The van der Waals surface area contributed by atoms with Gasteiger partial charge < -0.3 is 33.2 Å². The molecule has 0 heterocycles. The van der Waals surface area contributed by atoms with Crippen LogP contribution in [0.1, 0.15) is 40.2 Å². The molecular weight excluding hydrogens is 533 g/mol. The molecule has 11 heteroatoms. The largest absolute Gasteiger partial charge is 0.497 e. The van der Waals surface area contributed by atoms with E-state index in [0.29, 0.717) is 56.8 Å². The lowest BCUT2D eigenvalue weighted by Crippen LogP contribution is -2.28. The maximum absolute atomic E-state index is 13.5. The fourth-order valence-corrected chi connectivity index (χ4v) is 5.15. The van der Waals surface area contributed by atoms with E-state index < -0.39 is 30.1 Å². The third kappa shape index (κ3) is 5.28. The summed E-state index contributed by atoms with van der Waals surface area (Å²) in [5, 5.41) is 0. The quantitative estimate of drug-likeness (QED) is 0.302. The van der Waals surface area contributed by atoms with Crippen molar-refractivity contribution in [1.82, 2.24) is 0 Å². The zero-order valence-electron chi connectivity index (χ0n) is 22.8. The summed E-state index contributed by atoms with van der Waals surface area (Å²) in [5.41, 5.74) is 2.00. The molecule has 0 fully saturated rings. The van der Waals surface area contributed by atoms with Gasteiger partial charge in [-0.1, -0.05) is 6.07 Å². The molecule has 0 spiro atoms. The van der Waals surface area contributed by atoms with Crippen molar-refractivity contribution in [3.63, 3.8) is 0 Å². The fourth-order valence-electron chi connectivity index (χ4n) is 5.15. The number of rotatable bonds is 9. The number of methoxy groups -OCH3 is 6.